The molecule has 1 fully saturated rings. The summed E-state index contributed by atoms with van der Waals surface area (Å²) in [6.45, 7) is 2.32. The molecular formula is C11H18N2O4S2. The molecule has 1 aromatic rings. The minimum absolute atomic E-state index is 0.120. The Hall–Kier alpha value is -0.510. The largest absolute Gasteiger partial charge is 0.392 e. The van der Waals surface area contributed by atoms with Gasteiger partial charge in [-0.05, 0) is 24.1 Å². The molecule has 0 spiro atoms. The van der Waals surface area contributed by atoms with Crippen LogP contribution in [-0.2, 0) is 21.4 Å². The van der Waals surface area contributed by atoms with Crippen LogP contribution >= 0.6 is 11.3 Å². The van der Waals surface area contributed by atoms with E-state index >= 15 is 0 Å². The molecule has 8 heteroatoms. The SMILES string of the molecule is CN1CCOC(CNS(=O)(=O)c2cc(CO)cs2)C1. The lowest BCUT2D eigenvalue weighted by molar-refractivity contribution is -0.0156. The van der Waals surface area contributed by atoms with Crippen molar-refractivity contribution in [3.63, 3.8) is 0 Å². The van der Waals surface area contributed by atoms with Crippen LogP contribution in [0.1, 0.15) is 5.56 Å². The number of aliphatic hydroxyl groups excluding tert-OH is 1. The molecule has 0 amide bonds. The molecule has 1 aromatic heterocycles. The van der Waals surface area contributed by atoms with E-state index in [9.17, 15) is 8.42 Å². The number of nitrogens with zero attached hydrogens (tertiary/aromatic N) is 1. The van der Waals surface area contributed by atoms with Crippen LogP contribution < -0.4 is 4.72 Å². The summed E-state index contributed by atoms with van der Waals surface area (Å²) in [6.07, 6.45) is -0.120. The zero-order valence-electron chi connectivity index (χ0n) is 10.7. The minimum atomic E-state index is -3.51. The van der Waals surface area contributed by atoms with Crippen molar-refractivity contribution in [2.24, 2.45) is 0 Å². The number of hydrogen-bond donors (Lipinski definition) is 2. The summed E-state index contributed by atoms with van der Waals surface area (Å²) in [6, 6.07) is 1.49. The lowest BCUT2D eigenvalue weighted by Gasteiger charge is -2.29. The number of morpholine rings is 1. The number of hydrogen-bond acceptors (Lipinski definition) is 6. The van der Waals surface area contributed by atoms with Gasteiger partial charge in [-0.25, -0.2) is 13.1 Å². The van der Waals surface area contributed by atoms with Gasteiger partial charge < -0.3 is 14.7 Å². The van der Waals surface area contributed by atoms with Gasteiger partial charge in [0.05, 0.1) is 19.3 Å². The van der Waals surface area contributed by atoms with Crippen LogP contribution in [0.25, 0.3) is 0 Å². The van der Waals surface area contributed by atoms with Gasteiger partial charge in [0.1, 0.15) is 4.21 Å². The zero-order chi connectivity index (χ0) is 13.9. The highest BCUT2D eigenvalue weighted by atomic mass is 32.2. The first-order valence-electron chi connectivity index (χ1n) is 5.99. The molecule has 1 saturated heterocycles. The van der Waals surface area contributed by atoms with E-state index in [1.165, 1.54) is 6.07 Å². The zero-order valence-corrected chi connectivity index (χ0v) is 12.3. The molecule has 1 aliphatic heterocycles. The fourth-order valence-corrected chi connectivity index (χ4v) is 4.15. The van der Waals surface area contributed by atoms with E-state index in [4.69, 9.17) is 9.84 Å². The van der Waals surface area contributed by atoms with Crippen LogP contribution in [0, 0.1) is 0 Å². The maximum Gasteiger partial charge on any atom is 0.250 e. The van der Waals surface area contributed by atoms with Crippen LogP contribution in [0.3, 0.4) is 0 Å². The van der Waals surface area contributed by atoms with Gasteiger partial charge in [0.25, 0.3) is 0 Å². The molecule has 0 bridgehead atoms. The molecule has 2 rings (SSSR count). The van der Waals surface area contributed by atoms with Crippen LogP contribution in [-0.4, -0.2) is 57.8 Å². The molecule has 1 atom stereocenters. The highest BCUT2D eigenvalue weighted by molar-refractivity contribution is 7.91. The standard InChI is InChI=1S/C11H18N2O4S2/c1-13-2-3-17-10(6-13)5-12-19(15,16)11-4-9(7-14)8-18-11/h4,8,10,12,14H,2-3,5-7H2,1H3. The first kappa shape index (κ1) is 14.9. The van der Waals surface area contributed by atoms with Crippen molar-refractivity contribution in [1.82, 2.24) is 9.62 Å². The Morgan fingerprint density at radius 1 is 1.63 bits per heavy atom. The normalized spacial score (nSPS) is 21.7. The lowest BCUT2D eigenvalue weighted by Crippen LogP contribution is -2.45. The Bertz CT molecular complexity index is 515. The maximum absolute atomic E-state index is 12.0. The highest BCUT2D eigenvalue weighted by Crippen LogP contribution is 2.20. The molecule has 0 aliphatic carbocycles. The van der Waals surface area contributed by atoms with Gasteiger partial charge in [-0.15, -0.1) is 11.3 Å². The van der Waals surface area contributed by atoms with Crippen LogP contribution in [0.2, 0.25) is 0 Å². The summed E-state index contributed by atoms with van der Waals surface area (Å²) in [5.41, 5.74) is 0.610. The Balaban J connectivity index is 1.93. The lowest BCUT2D eigenvalue weighted by atomic mass is 10.3. The monoisotopic (exact) mass is 306 g/mol. The third-order valence-electron chi connectivity index (χ3n) is 2.92. The smallest absolute Gasteiger partial charge is 0.250 e. The van der Waals surface area contributed by atoms with Crippen molar-refractivity contribution in [2.75, 3.05) is 33.3 Å². The number of rotatable bonds is 5. The molecule has 0 radical (unpaired) electrons. The molecule has 1 unspecified atom stereocenters. The Morgan fingerprint density at radius 2 is 2.42 bits per heavy atom. The molecule has 0 saturated carbocycles. The number of likely N-dealkylation sites (N-methyl/N-ethyl adjacent to an activating group) is 1. The molecule has 2 heterocycles. The van der Waals surface area contributed by atoms with Gasteiger partial charge in [-0.2, -0.15) is 0 Å². The second kappa shape index (κ2) is 6.29. The van der Waals surface area contributed by atoms with Gasteiger partial charge >= 0.3 is 0 Å². The van der Waals surface area contributed by atoms with Crippen molar-refractivity contribution in [3.8, 4) is 0 Å². The second-order valence-corrected chi connectivity index (χ2v) is 7.44. The summed E-state index contributed by atoms with van der Waals surface area (Å²) >= 11 is 1.11. The van der Waals surface area contributed by atoms with Crippen molar-refractivity contribution < 1.29 is 18.3 Å². The predicted molar refractivity (Wildman–Crippen MR) is 72.7 cm³/mol. The van der Waals surface area contributed by atoms with E-state index in [2.05, 4.69) is 9.62 Å². The van der Waals surface area contributed by atoms with Crippen LogP contribution in [0.15, 0.2) is 15.7 Å². The molecular weight excluding hydrogens is 288 g/mol. The van der Waals surface area contributed by atoms with Crippen LogP contribution in [0.5, 0.6) is 0 Å². The number of ether oxygens (including phenoxy) is 1. The van der Waals surface area contributed by atoms with Gasteiger partial charge in [-0.1, -0.05) is 0 Å². The Kier molecular flexibility index (Phi) is 4.93. The van der Waals surface area contributed by atoms with Crippen molar-refractivity contribution >= 4 is 21.4 Å². The number of sulfonamides is 1. The summed E-state index contributed by atoms with van der Waals surface area (Å²) in [5, 5.41) is 10.6. The molecule has 1 aliphatic rings. The summed E-state index contributed by atoms with van der Waals surface area (Å²) in [5.74, 6) is 0. The Labute approximate surface area is 117 Å². The first-order chi connectivity index (χ1) is 9.01. The molecule has 0 aromatic carbocycles. The Morgan fingerprint density at radius 3 is 3.05 bits per heavy atom. The van der Waals surface area contributed by atoms with Crippen molar-refractivity contribution in [3.05, 3.63) is 17.0 Å². The highest BCUT2D eigenvalue weighted by Gasteiger charge is 2.22. The van der Waals surface area contributed by atoms with Gasteiger partial charge in [0.2, 0.25) is 10.0 Å². The number of thiophene rings is 1. The maximum atomic E-state index is 12.0. The van der Waals surface area contributed by atoms with Crippen molar-refractivity contribution in [2.45, 2.75) is 16.9 Å². The van der Waals surface area contributed by atoms with E-state index in [-0.39, 0.29) is 23.5 Å². The summed E-state index contributed by atoms with van der Waals surface area (Å²) < 4.78 is 32.3. The van der Waals surface area contributed by atoms with E-state index in [0.29, 0.717) is 12.2 Å². The second-order valence-electron chi connectivity index (χ2n) is 4.54. The quantitative estimate of drug-likeness (QED) is 0.791. The van der Waals surface area contributed by atoms with Crippen molar-refractivity contribution in [1.29, 1.82) is 0 Å². The summed E-state index contributed by atoms with van der Waals surface area (Å²) in [7, 11) is -1.52. The van der Waals surface area contributed by atoms with E-state index in [0.717, 1.165) is 24.4 Å². The number of nitrogens with one attached hydrogen (secondary N) is 1. The fourth-order valence-electron chi connectivity index (χ4n) is 1.84. The molecule has 2 N–H and O–H groups in total. The third-order valence-corrected chi connectivity index (χ3v) is 5.83. The topological polar surface area (TPSA) is 78.9 Å². The average Bonchev–Trinajstić information content (AvgIpc) is 2.86. The predicted octanol–water partition coefficient (Wildman–Crippen LogP) is -0.151. The van der Waals surface area contributed by atoms with E-state index in [1.807, 2.05) is 7.05 Å². The van der Waals surface area contributed by atoms with Gasteiger partial charge in [-0.3, -0.25) is 0 Å². The molecule has 108 valence electrons. The van der Waals surface area contributed by atoms with Gasteiger partial charge in [0, 0.05) is 19.6 Å². The minimum Gasteiger partial charge on any atom is -0.392 e. The molecule has 19 heavy (non-hydrogen) atoms. The van der Waals surface area contributed by atoms with E-state index < -0.39 is 10.0 Å². The van der Waals surface area contributed by atoms with Gasteiger partial charge in [0.15, 0.2) is 0 Å². The third kappa shape index (κ3) is 3.98. The molecule has 6 nitrogen and oxygen atoms in total. The number of aliphatic hydroxyl groups is 1. The van der Waals surface area contributed by atoms with Crippen LogP contribution in [0.4, 0.5) is 0 Å². The first-order valence-corrected chi connectivity index (χ1v) is 8.35. The van der Waals surface area contributed by atoms with E-state index in [1.54, 1.807) is 5.38 Å². The fraction of sp³-hybridized carbons (Fsp3) is 0.636. The summed E-state index contributed by atoms with van der Waals surface area (Å²) in [4.78, 5) is 2.11. The average molecular weight is 306 g/mol.